The van der Waals surface area contributed by atoms with Gasteiger partial charge < -0.3 is 15.2 Å². The molecular weight excluding hydrogens is 401 g/mol. The van der Waals surface area contributed by atoms with E-state index >= 15 is 0 Å². The number of nitrogens with two attached hydrogens (primary N) is 1. The smallest absolute Gasteiger partial charge is 0.410 e. The van der Waals surface area contributed by atoms with E-state index in [4.69, 9.17) is 15.2 Å². The number of halogens is 2. The molecule has 2 N–H and O–H groups in total. The van der Waals surface area contributed by atoms with Crippen LogP contribution in [-0.4, -0.2) is 12.7 Å². The topological polar surface area (TPSA) is 61.6 Å². The molecule has 0 fully saturated rings. The Morgan fingerprint density at radius 3 is 2.71 bits per heavy atom. The normalized spacial score (nSPS) is 10.1. The minimum atomic E-state index is -0.833. The third kappa shape index (κ3) is 4.71. The number of carbonyl (C=O) groups is 1. The maximum absolute atomic E-state index is 10.7. The van der Waals surface area contributed by atoms with Crippen molar-refractivity contribution in [3.63, 3.8) is 0 Å². The predicted octanol–water partition coefficient (Wildman–Crippen LogP) is 3.69. The number of unbranched alkanes of at least 4 members (excludes halogenated alkanes) is 1. The molecule has 17 heavy (non-hydrogen) atoms. The molecule has 0 heterocycles. The molecule has 0 unspecified atom stereocenters. The third-order valence-electron chi connectivity index (χ3n) is 1.94. The van der Waals surface area contributed by atoms with Crippen molar-refractivity contribution in [1.82, 2.24) is 0 Å². The highest BCUT2D eigenvalue weighted by atomic mass is 127. The van der Waals surface area contributed by atoms with Gasteiger partial charge >= 0.3 is 6.09 Å². The first-order valence-corrected chi connectivity index (χ1v) is 7.01. The van der Waals surface area contributed by atoms with Gasteiger partial charge in [-0.3, -0.25) is 0 Å². The van der Waals surface area contributed by atoms with E-state index in [1.54, 1.807) is 6.07 Å². The van der Waals surface area contributed by atoms with E-state index in [2.05, 4.69) is 45.4 Å². The first kappa shape index (κ1) is 14.6. The van der Waals surface area contributed by atoms with Gasteiger partial charge in [-0.05, 0) is 41.1 Å². The molecule has 1 rings (SSSR count). The highest BCUT2D eigenvalue weighted by molar-refractivity contribution is 14.1. The molecule has 0 radical (unpaired) electrons. The molecule has 0 aliphatic heterocycles. The number of amides is 1. The number of hydrogen-bond acceptors (Lipinski definition) is 3. The summed E-state index contributed by atoms with van der Waals surface area (Å²) in [6.45, 7) is 2.73. The number of carbonyl (C=O) groups excluding carboxylic acids is 1. The van der Waals surface area contributed by atoms with Crippen LogP contribution >= 0.6 is 38.5 Å². The van der Waals surface area contributed by atoms with Crippen molar-refractivity contribution in [2.24, 2.45) is 5.73 Å². The summed E-state index contributed by atoms with van der Waals surface area (Å²) in [5.74, 6) is 1.09. The monoisotopic (exact) mass is 413 g/mol. The predicted molar refractivity (Wildman–Crippen MR) is 77.5 cm³/mol. The maximum Gasteiger partial charge on any atom is 0.410 e. The fourth-order valence-corrected chi connectivity index (χ4v) is 2.15. The van der Waals surface area contributed by atoms with Crippen LogP contribution in [0.2, 0.25) is 0 Å². The molecule has 0 saturated carbocycles. The van der Waals surface area contributed by atoms with Crippen molar-refractivity contribution in [2.75, 3.05) is 6.61 Å². The van der Waals surface area contributed by atoms with Gasteiger partial charge in [0.25, 0.3) is 0 Å². The van der Waals surface area contributed by atoms with E-state index in [9.17, 15) is 4.79 Å². The van der Waals surface area contributed by atoms with Crippen LogP contribution in [0.4, 0.5) is 4.79 Å². The highest BCUT2D eigenvalue weighted by Crippen LogP contribution is 2.34. The van der Waals surface area contributed by atoms with Gasteiger partial charge in [0.15, 0.2) is 5.75 Å². The Hall–Kier alpha value is -0.500. The van der Waals surface area contributed by atoms with E-state index in [0.717, 1.165) is 20.9 Å². The van der Waals surface area contributed by atoms with Gasteiger partial charge in [-0.1, -0.05) is 29.3 Å². The summed E-state index contributed by atoms with van der Waals surface area (Å²) in [7, 11) is 0. The molecule has 0 aromatic heterocycles. The molecule has 4 nitrogen and oxygen atoms in total. The Labute approximate surface area is 122 Å². The van der Waals surface area contributed by atoms with E-state index in [-0.39, 0.29) is 0 Å². The van der Waals surface area contributed by atoms with Crippen molar-refractivity contribution in [3.8, 4) is 11.5 Å². The molecule has 0 bridgehead atoms. The van der Waals surface area contributed by atoms with E-state index in [1.165, 1.54) is 0 Å². The van der Waals surface area contributed by atoms with Crippen LogP contribution in [0.5, 0.6) is 11.5 Å². The summed E-state index contributed by atoms with van der Waals surface area (Å²) in [5.41, 5.74) is 4.99. The number of benzene rings is 1. The summed E-state index contributed by atoms with van der Waals surface area (Å²) < 4.78 is 12.0. The van der Waals surface area contributed by atoms with Crippen LogP contribution in [0.3, 0.4) is 0 Å². The van der Waals surface area contributed by atoms with Crippen LogP contribution in [-0.2, 0) is 0 Å². The average Bonchev–Trinajstić information content (AvgIpc) is 2.24. The number of primary amides is 1. The molecule has 0 spiro atoms. The Balaban J connectivity index is 2.89. The molecule has 94 valence electrons. The third-order valence-corrected chi connectivity index (χ3v) is 3.46. The minimum Gasteiger partial charge on any atom is -0.492 e. The summed E-state index contributed by atoms with van der Waals surface area (Å²) in [6.07, 6.45) is 1.21. The first-order valence-electron chi connectivity index (χ1n) is 5.13. The molecule has 6 heteroatoms. The van der Waals surface area contributed by atoms with Crippen LogP contribution in [0.15, 0.2) is 16.6 Å². The minimum absolute atomic E-state index is 0.402. The second kappa shape index (κ2) is 7.05. The SMILES string of the molecule is CCCCOc1cc(Br)cc(OC(N)=O)c1I. The van der Waals surface area contributed by atoms with Crippen molar-refractivity contribution < 1.29 is 14.3 Å². The van der Waals surface area contributed by atoms with E-state index < -0.39 is 6.09 Å². The zero-order chi connectivity index (χ0) is 12.8. The van der Waals surface area contributed by atoms with Gasteiger partial charge in [0.2, 0.25) is 0 Å². The highest BCUT2D eigenvalue weighted by Gasteiger charge is 2.12. The van der Waals surface area contributed by atoms with Crippen molar-refractivity contribution in [2.45, 2.75) is 19.8 Å². The molecule has 1 aromatic rings. The Morgan fingerprint density at radius 1 is 1.47 bits per heavy atom. The molecular formula is C11H13BrINO3. The molecule has 0 saturated heterocycles. The summed E-state index contributed by atoms with van der Waals surface area (Å²) in [6, 6.07) is 3.52. The summed E-state index contributed by atoms with van der Waals surface area (Å²) in [5, 5.41) is 0. The van der Waals surface area contributed by atoms with Gasteiger partial charge in [-0.25, -0.2) is 4.79 Å². The second-order valence-corrected chi connectivity index (χ2v) is 5.33. The van der Waals surface area contributed by atoms with Gasteiger partial charge in [0.05, 0.1) is 10.2 Å². The van der Waals surface area contributed by atoms with Crippen molar-refractivity contribution >= 4 is 44.6 Å². The van der Waals surface area contributed by atoms with E-state index in [0.29, 0.717) is 18.1 Å². The Morgan fingerprint density at radius 2 is 2.12 bits per heavy atom. The lowest BCUT2D eigenvalue weighted by atomic mass is 10.3. The molecule has 0 aliphatic rings. The molecule has 1 amide bonds. The van der Waals surface area contributed by atoms with Gasteiger partial charge in [-0.15, -0.1) is 0 Å². The number of rotatable bonds is 5. The van der Waals surface area contributed by atoms with Crippen LogP contribution in [0.25, 0.3) is 0 Å². The zero-order valence-electron chi connectivity index (χ0n) is 9.33. The zero-order valence-corrected chi connectivity index (χ0v) is 13.1. The van der Waals surface area contributed by atoms with Gasteiger partial charge in [-0.2, -0.15) is 0 Å². The summed E-state index contributed by atoms with van der Waals surface area (Å²) in [4.78, 5) is 10.7. The van der Waals surface area contributed by atoms with Gasteiger partial charge in [0.1, 0.15) is 5.75 Å². The second-order valence-electron chi connectivity index (χ2n) is 3.34. The number of ether oxygens (including phenoxy) is 2. The standard InChI is InChI=1S/C11H13BrINO3/c1-2-3-4-16-8-5-7(12)6-9(10(8)13)17-11(14)15/h5-6H,2-4H2,1H3,(H2,14,15). The molecule has 0 aliphatic carbocycles. The van der Waals surface area contributed by atoms with Crippen molar-refractivity contribution in [3.05, 3.63) is 20.2 Å². The quantitative estimate of drug-likeness (QED) is 0.591. The summed E-state index contributed by atoms with van der Waals surface area (Å²) >= 11 is 5.39. The van der Waals surface area contributed by atoms with Crippen molar-refractivity contribution in [1.29, 1.82) is 0 Å². The fraction of sp³-hybridized carbons (Fsp3) is 0.364. The average molecular weight is 414 g/mol. The Kier molecular flexibility index (Phi) is 6.04. The maximum atomic E-state index is 10.7. The lowest BCUT2D eigenvalue weighted by Gasteiger charge is -2.11. The van der Waals surface area contributed by atoms with Gasteiger partial charge in [0, 0.05) is 4.47 Å². The lowest BCUT2D eigenvalue weighted by Crippen LogP contribution is -2.17. The lowest BCUT2D eigenvalue weighted by molar-refractivity contribution is 0.210. The fourth-order valence-electron chi connectivity index (χ4n) is 1.15. The molecule has 0 atom stereocenters. The van der Waals surface area contributed by atoms with Crippen LogP contribution in [0.1, 0.15) is 19.8 Å². The number of hydrogen-bond donors (Lipinski definition) is 1. The Bertz CT molecular complexity index is 412. The van der Waals surface area contributed by atoms with Crippen LogP contribution < -0.4 is 15.2 Å². The molecule has 1 aromatic carbocycles. The van der Waals surface area contributed by atoms with Crippen LogP contribution in [0, 0.1) is 3.57 Å². The first-order chi connectivity index (χ1) is 8.04. The van der Waals surface area contributed by atoms with E-state index in [1.807, 2.05) is 6.07 Å². The largest absolute Gasteiger partial charge is 0.492 e.